The van der Waals surface area contributed by atoms with E-state index < -0.39 is 31.6 Å². The van der Waals surface area contributed by atoms with Crippen LogP contribution < -0.4 is 15.8 Å². The molecule has 0 aliphatic rings. The number of hydrogen-bond acceptors (Lipinski definition) is 7. The van der Waals surface area contributed by atoms with Crippen molar-refractivity contribution < 1.29 is 30.0 Å². The number of primary sulfonamides is 1. The number of halogens is 3. The third-order valence-electron chi connectivity index (χ3n) is 3.52. The largest absolute Gasteiger partial charge is 0.417 e. The number of nitrogens with two attached hydrogens (primary N) is 1. The van der Waals surface area contributed by atoms with E-state index in [0.29, 0.717) is 6.20 Å². The topological polar surface area (TPSA) is 131 Å². The molecule has 0 atom stereocenters. The molecule has 0 bridgehead atoms. The number of pyridine rings is 1. The van der Waals surface area contributed by atoms with Gasteiger partial charge in [0.2, 0.25) is 10.0 Å². The summed E-state index contributed by atoms with van der Waals surface area (Å²) in [6, 6.07) is 5.45. The number of nitrogens with one attached hydrogen (secondary N) is 2. The number of nitrogens with zero attached hydrogens (tertiary/aromatic N) is 1. The molecular weight excluding hydrogens is 421 g/mol. The molecule has 0 aliphatic carbocycles. The number of benzene rings is 1. The maximum Gasteiger partial charge on any atom is 0.417 e. The zero-order valence-corrected chi connectivity index (χ0v) is 16.1. The second-order valence-electron chi connectivity index (χ2n) is 5.76. The molecule has 0 aliphatic heterocycles. The van der Waals surface area contributed by atoms with Crippen molar-refractivity contribution >= 4 is 31.4 Å². The predicted octanol–water partition coefficient (Wildman–Crippen LogP) is 1.68. The molecule has 8 nitrogen and oxygen atoms in total. The minimum Gasteiger partial charge on any atom is -0.382 e. The summed E-state index contributed by atoms with van der Waals surface area (Å²) < 4.78 is 84.1. The number of alkyl halides is 3. The maximum absolute atomic E-state index is 12.5. The van der Waals surface area contributed by atoms with Crippen molar-refractivity contribution in [3.8, 4) is 0 Å². The van der Waals surface area contributed by atoms with Crippen LogP contribution in [0.4, 0.5) is 24.7 Å². The highest BCUT2D eigenvalue weighted by Crippen LogP contribution is 2.29. The SMILES string of the molecule is CS(=O)(=O)c1cc(S(N)(=O)=O)ccc1NCCNc1ccc(C(F)(F)F)cn1. The molecule has 0 unspecified atom stereocenters. The Hall–Kier alpha value is -2.38. The van der Waals surface area contributed by atoms with Gasteiger partial charge in [-0.2, -0.15) is 13.2 Å². The Morgan fingerprint density at radius 1 is 1.04 bits per heavy atom. The fraction of sp³-hybridized carbons (Fsp3) is 0.267. The highest BCUT2D eigenvalue weighted by molar-refractivity contribution is 7.91. The van der Waals surface area contributed by atoms with Gasteiger partial charge in [0, 0.05) is 25.5 Å². The molecule has 0 saturated carbocycles. The van der Waals surface area contributed by atoms with E-state index in [4.69, 9.17) is 5.14 Å². The van der Waals surface area contributed by atoms with Crippen LogP contribution in [0.3, 0.4) is 0 Å². The molecular formula is C15H17F3N4O4S2. The normalized spacial score (nSPS) is 12.6. The van der Waals surface area contributed by atoms with Crippen molar-refractivity contribution in [2.24, 2.45) is 5.14 Å². The molecule has 0 radical (unpaired) electrons. The van der Waals surface area contributed by atoms with Crippen LogP contribution in [0.2, 0.25) is 0 Å². The standard InChI is InChI=1S/C15H17F3N4O4S2/c1-27(23,24)13-8-11(28(19,25)26)3-4-12(13)20-6-7-21-14-5-2-10(9-22-14)15(16,17)18/h2-5,8-9,20H,6-7H2,1H3,(H,21,22)(H2,19,25,26). The first kappa shape index (κ1) is 21.9. The Morgan fingerprint density at radius 3 is 2.18 bits per heavy atom. The molecule has 2 rings (SSSR count). The van der Waals surface area contributed by atoms with Crippen LogP contribution in [-0.4, -0.2) is 41.2 Å². The summed E-state index contributed by atoms with van der Waals surface area (Å²) in [5, 5.41) is 10.6. The first-order valence-electron chi connectivity index (χ1n) is 7.66. The number of anilines is 2. The molecule has 0 saturated heterocycles. The quantitative estimate of drug-likeness (QED) is 0.561. The molecule has 1 aromatic carbocycles. The third-order valence-corrected chi connectivity index (χ3v) is 5.57. The van der Waals surface area contributed by atoms with E-state index in [9.17, 15) is 30.0 Å². The van der Waals surface area contributed by atoms with Crippen LogP contribution in [0, 0.1) is 0 Å². The average molecular weight is 438 g/mol. The zero-order valence-electron chi connectivity index (χ0n) is 14.5. The molecule has 0 fully saturated rings. The number of sulfonamides is 1. The van der Waals surface area contributed by atoms with E-state index in [1.165, 1.54) is 12.1 Å². The van der Waals surface area contributed by atoms with Gasteiger partial charge in [-0.1, -0.05) is 0 Å². The van der Waals surface area contributed by atoms with Gasteiger partial charge in [-0.3, -0.25) is 0 Å². The molecule has 1 aromatic heterocycles. The molecule has 4 N–H and O–H groups in total. The van der Waals surface area contributed by atoms with Crippen molar-refractivity contribution in [3.05, 3.63) is 42.1 Å². The van der Waals surface area contributed by atoms with Crippen LogP contribution in [0.1, 0.15) is 5.56 Å². The van der Waals surface area contributed by atoms with Gasteiger partial charge in [0.25, 0.3) is 0 Å². The van der Waals surface area contributed by atoms with E-state index >= 15 is 0 Å². The van der Waals surface area contributed by atoms with E-state index in [1.807, 2.05) is 0 Å². The average Bonchev–Trinajstić information content (AvgIpc) is 2.56. The monoisotopic (exact) mass is 438 g/mol. The molecule has 13 heteroatoms. The summed E-state index contributed by atoms with van der Waals surface area (Å²) in [4.78, 5) is 3.06. The fourth-order valence-electron chi connectivity index (χ4n) is 2.19. The zero-order chi connectivity index (χ0) is 21.2. The van der Waals surface area contributed by atoms with E-state index in [1.54, 1.807) is 0 Å². The lowest BCUT2D eigenvalue weighted by Crippen LogP contribution is -2.17. The minimum atomic E-state index is -4.47. The summed E-state index contributed by atoms with van der Waals surface area (Å²) in [5.74, 6) is 0.211. The maximum atomic E-state index is 12.5. The van der Waals surface area contributed by atoms with E-state index in [0.717, 1.165) is 24.5 Å². The first-order valence-corrected chi connectivity index (χ1v) is 11.1. The van der Waals surface area contributed by atoms with E-state index in [-0.39, 0.29) is 34.4 Å². The van der Waals surface area contributed by atoms with Gasteiger partial charge < -0.3 is 10.6 Å². The Bertz CT molecular complexity index is 1050. The predicted molar refractivity (Wildman–Crippen MR) is 97.1 cm³/mol. The summed E-state index contributed by atoms with van der Waals surface area (Å²) in [6.07, 6.45) is -2.85. The van der Waals surface area contributed by atoms with Gasteiger partial charge in [0.1, 0.15) is 5.82 Å². The molecule has 1 heterocycles. The van der Waals surface area contributed by atoms with Crippen LogP contribution in [-0.2, 0) is 26.0 Å². The fourth-order valence-corrected chi connectivity index (χ4v) is 3.68. The smallest absolute Gasteiger partial charge is 0.382 e. The Kier molecular flexibility index (Phi) is 6.21. The summed E-state index contributed by atoms with van der Waals surface area (Å²) in [5.41, 5.74) is -0.707. The molecule has 28 heavy (non-hydrogen) atoms. The van der Waals surface area contributed by atoms with Crippen molar-refractivity contribution in [2.75, 3.05) is 30.0 Å². The van der Waals surface area contributed by atoms with Crippen molar-refractivity contribution in [1.29, 1.82) is 0 Å². The summed E-state index contributed by atoms with van der Waals surface area (Å²) in [7, 11) is -7.82. The minimum absolute atomic E-state index is 0.164. The van der Waals surface area contributed by atoms with Crippen LogP contribution >= 0.6 is 0 Å². The van der Waals surface area contributed by atoms with Gasteiger partial charge >= 0.3 is 6.18 Å². The Labute approximate surface area is 159 Å². The second kappa shape index (κ2) is 7.93. The Morgan fingerprint density at radius 2 is 1.68 bits per heavy atom. The first-order chi connectivity index (χ1) is 12.8. The van der Waals surface area contributed by atoms with Gasteiger partial charge in [-0.05, 0) is 30.3 Å². The number of hydrogen-bond donors (Lipinski definition) is 3. The summed E-state index contributed by atoms with van der Waals surface area (Å²) in [6.45, 7) is 0.387. The van der Waals surface area contributed by atoms with Crippen LogP contribution in [0.15, 0.2) is 46.3 Å². The van der Waals surface area contributed by atoms with E-state index in [2.05, 4.69) is 15.6 Å². The van der Waals surface area contributed by atoms with Crippen molar-refractivity contribution in [2.45, 2.75) is 16.0 Å². The van der Waals surface area contributed by atoms with Gasteiger partial charge in [-0.25, -0.2) is 27.0 Å². The highest BCUT2D eigenvalue weighted by Gasteiger charge is 2.30. The number of aromatic nitrogens is 1. The van der Waals surface area contributed by atoms with Crippen LogP contribution in [0.5, 0.6) is 0 Å². The lowest BCUT2D eigenvalue weighted by molar-refractivity contribution is -0.137. The van der Waals surface area contributed by atoms with Gasteiger partial charge in [0.05, 0.1) is 21.0 Å². The highest BCUT2D eigenvalue weighted by atomic mass is 32.2. The number of sulfone groups is 1. The third kappa shape index (κ3) is 5.81. The van der Waals surface area contributed by atoms with Crippen molar-refractivity contribution in [1.82, 2.24) is 4.98 Å². The lowest BCUT2D eigenvalue weighted by atomic mass is 10.3. The number of rotatable bonds is 7. The Balaban J connectivity index is 2.05. The molecule has 0 amide bonds. The summed E-state index contributed by atoms with van der Waals surface area (Å²) >= 11 is 0. The second-order valence-corrected chi connectivity index (χ2v) is 9.30. The van der Waals surface area contributed by atoms with Gasteiger partial charge in [-0.15, -0.1) is 0 Å². The molecule has 2 aromatic rings. The van der Waals surface area contributed by atoms with Gasteiger partial charge in [0.15, 0.2) is 9.84 Å². The van der Waals surface area contributed by atoms with Crippen molar-refractivity contribution in [3.63, 3.8) is 0 Å². The molecule has 154 valence electrons. The lowest BCUT2D eigenvalue weighted by Gasteiger charge is -2.13. The van der Waals surface area contributed by atoms with Crippen LogP contribution in [0.25, 0.3) is 0 Å². The molecule has 0 spiro atoms.